The highest BCUT2D eigenvalue weighted by molar-refractivity contribution is 5.85. The van der Waals surface area contributed by atoms with Crippen molar-refractivity contribution in [1.29, 1.82) is 0 Å². The minimum atomic E-state index is -4.56. The molecule has 0 unspecified atom stereocenters. The monoisotopic (exact) mass is 636 g/mol. The van der Waals surface area contributed by atoms with Crippen LogP contribution in [0.5, 0.6) is 0 Å². The molecule has 4 aliphatic rings. The van der Waals surface area contributed by atoms with E-state index in [0.717, 1.165) is 31.5 Å². The Balaban J connectivity index is 1.35. The minimum absolute atomic E-state index is 0.0183. The van der Waals surface area contributed by atoms with Gasteiger partial charge in [0.2, 0.25) is 5.91 Å². The van der Waals surface area contributed by atoms with Crippen molar-refractivity contribution in [2.75, 3.05) is 53.2 Å². The van der Waals surface area contributed by atoms with E-state index in [1.165, 1.54) is 4.90 Å². The van der Waals surface area contributed by atoms with Crippen LogP contribution in [0.1, 0.15) is 55.3 Å². The number of hydrogen-bond acceptors (Lipinski definition) is 8. The third-order valence-electron chi connectivity index (χ3n) is 9.78. The molecule has 5 atom stereocenters. The van der Waals surface area contributed by atoms with E-state index in [4.69, 9.17) is 20.6 Å². The number of carbonyl (C=O) groups excluding carboxylic acids is 2. The second-order valence-electron chi connectivity index (χ2n) is 12.8. The van der Waals surface area contributed by atoms with E-state index in [2.05, 4.69) is 16.2 Å². The number of halogens is 3. The van der Waals surface area contributed by atoms with Crippen molar-refractivity contribution in [3.63, 3.8) is 0 Å². The van der Waals surface area contributed by atoms with Crippen LogP contribution in [-0.2, 0) is 38.1 Å². The Morgan fingerprint density at radius 2 is 2.02 bits per heavy atom. The molecule has 2 amide bonds. The molecule has 1 saturated carbocycles. The molecule has 4 heterocycles. The van der Waals surface area contributed by atoms with Crippen LogP contribution in [0.3, 0.4) is 0 Å². The molecule has 2 N–H and O–H groups in total. The van der Waals surface area contributed by atoms with Gasteiger partial charge in [0, 0.05) is 82.8 Å². The smallest absolute Gasteiger partial charge is 0.417 e. The van der Waals surface area contributed by atoms with Gasteiger partial charge in [0.1, 0.15) is 0 Å². The molecule has 0 radical (unpaired) electrons. The molecular weight excluding hydrogens is 593 g/mol. The number of fused-ring (bicyclic) bond motifs is 1. The lowest BCUT2D eigenvalue weighted by atomic mass is 9.75. The zero-order valence-corrected chi connectivity index (χ0v) is 25.7. The molecule has 0 spiro atoms. The number of aliphatic hydroxyl groups excluding tert-OH is 1. The van der Waals surface area contributed by atoms with E-state index >= 15 is 0 Å². The second-order valence-corrected chi connectivity index (χ2v) is 12.8. The van der Waals surface area contributed by atoms with Crippen LogP contribution in [0.2, 0.25) is 0 Å². The van der Waals surface area contributed by atoms with E-state index in [-0.39, 0.29) is 57.3 Å². The first-order valence-corrected chi connectivity index (χ1v) is 15.8. The maximum absolute atomic E-state index is 14.6. The molecule has 10 nitrogen and oxygen atoms in total. The van der Waals surface area contributed by atoms with Crippen LogP contribution in [0.4, 0.5) is 18.0 Å². The van der Waals surface area contributed by atoms with E-state index < -0.39 is 35.3 Å². The average Bonchev–Trinajstić information content (AvgIpc) is 3.38. The number of nitrogens with one attached hydrogen (secondary N) is 1. The Hall–Kier alpha value is -2.92. The van der Waals surface area contributed by atoms with Crippen molar-refractivity contribution in [2.24, 2.45) is 17.3 Å². The van der Waals surface area contributed by atoms with Crippen molar-refractivity contribution in [3.05, 3.63) is 29.1 Å². The number of alkyl halides is 3. The van der Waals surface area contributed by atoms with Crippen LogP contribution in [0.15, 0.2) is 12.3 Å². The molecule has 0 bridgehead atoms. The zero-order valence-electron chi connectivity index (χ0n) is 25.7. The SMILES string of the molecule is C#C[C@@H]1C[C@@H](N[C@@H]2CCOC[C@@H]2O)C[C@@]1(CN(C)C(=O)OCCC1CCOCC1)C(=O)N1CCc2ncc(C(F)(F)F)cc2C1. The Morgan fingerprint density at radius 1 is 1.27 bits per heavy atom. The van der Waals surface area contributed by atoms with Gasteiger partial charge >= 0.3 is 12.3 Å². The van der Waals surface area contributed by atoms with Crippen LogP contribution < -0.4 is 5.32 Å². The van der Waals surface area contributed by atoms with E-state index in [1.807, 2.05) is 0 Å². The fraction of sp³-hybridized carbons (Fsp3) is 0.719. The molecule has 2 saturated heterocycles. The van der Waals surface area contributed by atoms with Gasteiger partial charge < -0.3 is 34.4 Å². The van der Waals surface area contributed by atoms with Gasteiger partial charge in [-0.25, -0.2) is 4.79 Å². The summed E-state index contributed by atoms with van der Waals surface area (Å²) in [5.41, 5.74) is -1.21. The number of ether oxygens (including phenoxy) is 3. The van der Waals surface area contributed by atoms with E-state index in [9.17, 15) is 27.9 Å². The third kappa shape index (κ3) is 7.73. The lowest BCUT2D eigenvalue weighted by Gasteiger charge is -2.41. The van der Waals surface area contributed by atoms with Crippen molar-refractivity contribution in [2.45, 2.75) is 75.9 Å². The Morgan fingerprint density at radius 3 is 2.73 bits per heavy atom. The lowest BCUT2D eigenvalue weighted by molar-refractivity contribution is -0.145. The van der Waals surface area contributed by atoms with Crippen molar-refractivity contribution in [1.82, 2.24) is 20.1 Å². The number of amides is 2. The largest absolute Gasteiger partial charge is 0.449 e. The summed E-state index contributed by atoms with van der Waals surface area (Å²) in [5.74, 6) is 2.34. The summed E-state index contributed by atoms with van der Waals surface area (Å²) in [6.07, 6.45) is 5.23. The summed E-state index contributed by atoms with van der Waals surface area (Å²) < 4.78 is 56.8. The van der Waals surface area contributed by atoms with Crippen LogP contribution >= 0.6 is 0 Å². The maximum Gasteiger partial charge on any atom is 0.417 e. The topological polar surface area (TPSA) is 113 Å². The predicted octanol–water partition coefficient (Wildman–Crippen LogP) is 3.01. The fourth-order valence-corrected chi connectivity index (χ4v) is 7.24. The highest BCUT2D eigenvalue weighted by Gasteiger charge is 2.55. The number of pyridine rings is 1. The van der Waals surface area contributed by atoms with Gasteiger partial charge in [0.25, 0.3) is 0 Å². The van der Waals surface area contributed by atoms with Crippen LogP contribution in [-0.4, -0.2) is 103 Å². The number of hydrogen-bond donors (Lipinski definition) is 2. The first-order chi connectivity index (χ1) is 21.5. The third-order valence-corrected chi connectivity index (χ3v) is 9.78. The summed E-state index contributed by atoms with van der Waals surface area (Å²) >= 11 is 0. The molecule has 1 aromatic rings. The Labute approximate surface area is 262 Å². The highest BCUT2D eigenvalue weighted by Crippen LogP contribution is 2.46. The van der Waals surface area contributed by atoms with E-state index in [1.54, 1.807) is 11.9 Å². The maximum atomic E-state index is 14.6. The molecular formula is C32H43F3N4O6. The summed E-state index contributed by atoms with van der Waals surface area (Å²) in [4.78, 5) is 34.7. The highest BCUT2D eigenvalue weighted by atomic mass is 19.4. The zero-order chi connectivity index (χ0) is 32.2. The second kappa shape index (κ2) is 14.2. The first-order valence-electron chi connectivity index (χ1n) is 15.8. The number of aliphatic hydroxyl groups is 1. The van der Waals surface area contributed by atoms with E-state index in [0.29, 0.717) is 56.3 Å². The molecule has 13 heteroatoms. The number of carbonyl (C=O) groups is 2. The molecule has 3 aliphatic heterocycles. The Kier molecular flexibility index (Phi) is 10.6. The summed E-state index contributed by atoms with van der Waals surface area (Å²) in [5, 5.41) is 14.0. The standard InChI is InChI=1S/C32H43F3N4O6/c1-3-23-15-25(37-27-8-12-44-19-28(27)40)16-31(23,20-38(2)30(42)45-13-7-21-5-10-43-11-6-21)29(41)39-9-4-26-22(18-39)14-24(17-36-26)32(33,34)35/h1,14,17,21,23,25,27-28,37,40H,4-13,15-16,18-20H2,2H3/t23-,25-,27-,28+,31+/m1/s1. The Bertz CT molecular complexity index is 1250. The number of aromatic nitrogens is 1. The fourth-order valence-electron chi connectivity index (χ4n) is 7.24. The number of nitrogens with zero attached hydrogens (tertiary/aromatic N) is 3. The normalized spacial score (nSPS) is 29.1. The van der Waals surface area contributed by atoms with Crippen molar-refractivity contribution < 1.29 is 42.1 Å². The molecule has 45 heavy (non-hydrogen) atoms. The molecule has 248 valence electrons. The predicted molar refractivity (Wildman–Crippen MR) is 157 cm³/mol. The summed E-state index contributed by atoms with van der Waals surface area (Å²) in [6.45, 7) is 2.55. The van der Waals surface area contributed by atoms with Gasteiger partial charge in [0.05, 0.1) is 30.3 Å². The summed E-state index contributed by atoms with van der Waals surface area (Å²) in [7, 11) is 1.58. The van der Waals surface area contributed by atoms with Crippen molar-refractivity contribution in [3.8, 4) is 12.3 Å². The van der Waals surface area contributed by atoms with Crippen LogP contribution in [0.25, 0.3) is 0 Å². The molecule has 1 aromatic heterocycles. The number of rotatable bonds is 8. The van der Waals surface area contributed by atoms with Gasteiger partial charge in [0.15, 0.2) is 0 Å². The van der Waals surface area contributed by atoms with Gasteiger partial charge in [-0.15, -0.1) is 12.3 Å². The van der Waals surface area contributed by atoms with Gasteiger partial charge in [-0.1, -0.05) is 0 Å². The quantitative estimate of drug-likeness (QED) is 0.419. The van der Waals surface area contributed by atoms with Crippen LogP contribution in [0, 0.1) is 29.6 Å². The molecule has 0 aromatic carbocycles. The van der Waals surface area contributed by atoms with Gasteiger partial charge in [-0.05, 0) is 56.1 Å². The lowest BCUT2D eigenvalue weighted by Crippen LogP contribution is -2.54. The minimum Gasteiger partial charge on any atom is -0.449 e. The number of terminal acetylenes is 1. The molecule has 3 fully saturated rings. The van der Waals surface area contributed by atoms with Gasteiger partial charge in [-0.3, -0.25) is 9.78 Å². The first kappa shape index (κ1) is 33.4. The summed E-state index contributed by atoms with van der Waals surface area (Å²) in [6, 6.07) is 0.580. The van der Waals surface area contributed by atoms with Gasteiger partial charge in [-0.2, -0.15) is 13.2 Å². The molecule has 5 rings (SSSR count). The van der Waals surface area contributed by atoms with Crippen molar-refractivity contribution >= 4 is 12.0 Å². The average molecular weight is 637 g/mol. The molecule has 1 aliphatic carbocycles.